The van der Waals surface area contributed by atoms with Gasteiger partial charge in [-0.15, -0.1) is 0 Å². The second-order valence-electron chi connectivity index (χ2n) is 6.05. The molecule has 0 unspecified atom stereocenters. The third kappa shape index (κ3) is 2.29. The number of aryl methyl sites for hydroxylation is 2. The molecule has 1 aliphatic rings. The summed E-state index contributed by atoms with van der Waals surface area (Å²) in [5.74, 6) is 0. The summed E-state index contributed by atoms with van der Waals surface area (Å²) >= 11 is 0. The van der Waals surface area contributed by atoms with E-state index in [1.165, 1.54) is 15.9 Å². The number of benzene rings is 1. The largest absolute Gasteiger partial charge is 0.366 e. The third-order valence-electron chi connectivity index (χ3n) is 4.53. The molecule has 0 N–H and O–H groups in total. The average molecular weight is 306 g/mol. The van der Waals surface area contributed by atoms with Gasteiger partial charge in [-0.05, 0) is 18.6 Å². The average Bonchev–Trinajstić information content (AvgIpc) is 2.55. The van der Waals surface area contributed by atoms with Crippen LogP contribution in [0.15, 0.2) is 41.3 Å². The lowest BCUT2D eigenvalue weighted by Crippen LogP contribution is -2.34. The molecule has 0 radical (unpaired) electrons. The van der Waals surface area contributed by atoms with Gasteiger partial charge in [-0.2, -0.15) is 5.10 Å². The van der Waals surface area contributed by atoms with Gasteiger partial charge in [0.05, 0.1) is 11.2 Å². The maximum absolute atomic E-state index is 11.9. The molecule has 0 fully saturated rings. The smallest absolute Gasteiger partial charge is 0.266 e. The summed E-state index contributed by atoms with van der Waals surface area (Å²) in [6.07, 6.45) is 2.71. The summed E-state index contributed by atoms with van der Waals surface area (Å²) in [6, 6.07) is 10.0. The van der Waals surface area contributed by atoms with Gasteiger partial charge >= 0.3 is 0 Å². The minimum atomic E-state index is -0.0546. The molecule has 1 aliphatic heterocycles. The van der Waals surface area contributed by atoms with Crippen molar-refractivity contribution in [1.29, 1.82) is 0 Å². The van der Waals surface area contributed by atoms with E-state index in [0.29, 0.717) is 6.54 Å². The highest BCUT2D eigenvalue weighted by Crippen LogP contribution is 2.30. The summed E-state index contributed by atoms with van der Waals surface area (Å²) in [7, 11) is 1.70. The zero-order valence-corrected chi connectivity index (χ0v) is 13.3. The number of pyridine rings is 1. The Morgan fingerprint density at radius 2 is 2.09 bits per heavy atom. The first-order valence-electron chi connectivity index (χ1n) is 7.79. The quantitative estimate of drug-likeness (QED) is 0.691. The first-order valence-corrected chi connectivity index (χ1v) is 7.79. The molecule has 5 heteroatoms. The molecule has 0 aliphatic carbocycles. The molecule has 1 aromatic carbocycles. The van der Waals surface area contributed by atoms with Crippen LogP contribution in [0.4, 0.5) is 5.69 Å². The molecule has 0 saturated carbocycles. The summed E-state index contributed by atoms with van der Waals surface area (Å²) in [5.41, 5.74) is 5.39. The lowest BCUT2D eigenvalue weighted by Gasteiger charge is -2.31. The Kier molecular flexibility index (Phi) is 3.15. The highest BCUT2D eigenvalue weighted by Gasteiger charge is 2.20. The van der Waals surface area contributed by atoms with E-state index in [1.54, 1.807) is 13.1 Å². The normalized spacial score (nSPS) is 14.1. The molecule has 4 rings (SSSR count). The molecule has 0 atom stereocenters. The van der Waals surface area contributed by atoms with E-state index in [4.69, 9.17) is 0 Å². The second-order valence-corrected chi connectivity index (χ2v) is 6.05. The van der Waals surface area contributed by atoms with E-state index in [0.717, 1.165) is 35.1 Å². The minimum Gasteiger partial charge on any atom is -0.366 e. The van der Waals surface area contributed by atoms with Gasteiger partial charge in [0.1, 0.15) is 0 Å². The van der Waals surface area contributed by atoms with Crippen LogP contribution >= 0.6 is 0 Å². The van der Waals surface area contributed by atoms with Crippen LogP contribution in [-0.2, 0) is 20.0 Å². The molecule has 0 spiro atoms. The Bertz CT molecular complexity index is 961. The van der Waals surface area contributed by atoms with Crippen molar-refractivity contribution < 1.29 is 0 Å². The Morgan fingerprint density at radius 3 is 2.96 bits per heavy atom. The van der Waals surface area contributed by atoms with E-state index >= 15 is 0 Å². The van der Waals surface area contributed by atoms with Crippen molar-refractivity contribution in [2.75, 3.05) is 11.4 Å². The fraction of sp³-hybridized carbons (Fsp3) is 0.278. The lowest BCUT2D eigenvalue weighted by atomic mass is 10.0. The fourth-order valence-electron chi connectivity index (χ4n) is 3.28. The Hall–Kier alpha value is -2.69. The second kappa shape index (κ2) is 5.19. The highest BCUT2D eigenvalue weighted by molar-refractivity contribution is 5.93. The summed E-state index contributed by atoms with van der Waals surface area (Å²) in [4.78, 5) is 18.7. The zero-order valence-electron chi connectivity index (χ0n) is 13.3. The van der Waals surface area contributed by atoms with Gasteiger partial charge < -0.3 is 4.90 Å². The molecular formula is C18H18N4O. The molecule has 0 amide bonds. The van der Waals surface area contributed by atoms with Gasteiger partial charge in [-0.1, -0.05) is 18.2 Å². The first-order chi connectivity index (χ1) is 11.1. The molecule has 5 nitrogen and oxygen atoms in total. The summed E-state index contributed by atoms with van der Waals surface area (Å²) in [5, 5.41) is 5.54. The maximum Gasteiger partial charge on any atom is 0.266 e. The van der Waals surface area contributed by atoms with Crippen LogP contribution in [0.1, 0.15) is 16.8 Å². The van der Waals surface area contributed by atoms with Crippen molar-refractivity contribution in [1.82, 2.24) is 14.8 Å². The van der Waals surface area contributed by atoms with Crippen molar-refractivity contribution in [3.05, 3.63) is 63.7 Å². The van der Waals surface area contributed by atoms with E-state index in [1.807, 2.05) is 6.20 Å². The number of hydrogen-bond donors (Lipinski definition) is 0. The van der Waals surface area contributed by atoms with Crippen molar-refractivity contribution in [3.8, 4) is 0 Å². The monoisotopic (exact) mass is 306 g/mol. The number of fused-ring (bicyclic) bond motifs is 2. The van der Waals surface area contributed by atoms with Crippen LogP contribution in [0.3, 0.4) is 0 Å². The fourth-order valence-corrected chi connectivity index (χ4v) is 3.28. The predicted molar refractivity (Wildman–Crippen MR) is 90.7 cm³/mol. The van der Waals surface area contributed by atoms with Gasteiger partial charge in [-0.3, -0.25) is 9.78 Å². The van der Waals surface area contributed by atoms with Crippen LogP contribution in [0.5, 0.6) is 0 Å². The molecule has 2 aromatic heterocycles. The number of anilines is 1. The minimum absolute atomic E-state index is 0.0546. The van der Waals surface area contributed by atoms with E-state index in [9.17, 15) is 4.79 Å². The third-order valence-corrected chi connectivity index (χ3v) is 4.53. The van der Waals surface area contributed by atoms with Crippen LogP contribution in [0, 0.1) is 6.92 Å². The number of rotatable bonds is 1. The summed E-state index contributed by atoms with van der Waals surface area (Å²) < 4.78 is 1.42. The Labute approximate surface area is 134 Å². The SMILES string of the molecule is Cc1cccc2c(N3CCc4nn(C)c(=O)cc4C3)ccnc12. The van der Waals surface area contributed by atoms with Gasteiger partial charge in [-0.25, -0.2) is 4.68 Å². The van der Waals surface area contributed by atoms with E-state index in [-0.39, 0.29) is 5.56 Å². The molecule has 3 heterocycles. The molecular weight excluding hydrogens is 288 g/mol. The number of aromatic nitrogens is 3. The van der Waals surface area contributed by atoms with Crippen LogP contribution in [0.25, 0.3) is 10.9 Å². The highest BCUT2D eigenvalue weighted by atomic mass is 16.1. The lowest BCUT2D eigenvalue weighted by molar-refractivity contribution is 0.625. The van der Waals surface area contributed by atoms with Gasteiger partial charge in [0.25, 0.3) is 5.56 Å². The van der Waals surface area contributed by atoms with Crippen molar-refractivity contribution in [3.63, 3.8) is 0 Å². The Morgan fingerprint density at radius 1 is 1.22 bits per heavy atom. The molecule has 3 aromatic rings. The summed E-state index contributed by atoms with van der Waals surface area (Å²) in [6.45, 7) is 3.69. The van der Waals surface area contributed by atoms with Gasteiger partial charge in [0.2, 0.25) is 0 Å². The first kappa shape index (κ1) is 13.9. The van der Waals surface area contributed by atoms with Gasteiger partial charge in [0.15, 0.2) is 0 Å². The number of hydrogen-bond acceptors (Lipinski definition) is 4. The Balaban J connectivity index is 1.80. The van der Waals surface area contributed by atoms with E-state index < -0.39 is 0 Å². The van der Waals surface area contributed by atoms with Crippen LogP contribution < -0.4 is 10.5 Å². The van der Waals surface area contributed by atoms with Crippen LogP contribution in [-0.4, -0.2) is 21.3 Å². The van der Waals surface area contributed by atoms with Crippen molar-refractivity contribution >= 4 is 16.6 Å². The van der Waals surface area contributed by atoms with E-state index in [2.05, 4.69) is 46.2 Å². The standard InChI is InChI=1S/C18H18N4O/c1-12-4-3-5-14-16(6-8-19-18(12)14)22-9-7-15-13(11-22)10-17(23)21(2)20-15/h3-6,8,10H,7,9,11H2,1-2H3. The molecule has 0 bridgehead atoms. The molecule has 116 valence electrons. The van der Waals surface area contributed by atoms with Crippen LogP contribution in [0.2, 0.25) is 0 Å². The maximum atomic E-state index is 11.9. The van der Waals surface area contributed by atoms with Crippen molar-refractivity contribution in [2.45, 2.75) is 19.9 Å². The molecule has 0 saturated heterocycles. The number of para-hydroxylation sites is 1. The van der Waals surface area contributed by atoms with Crippen molar-refractivity contribution in [2.24, 2.45) is 7.05 Å². The molecule has 23 heavy (non-hydrogen) atoms. The number of nitrogens with zero attached hydrogens (tertiary/aromatic N) is 4. The predicted octanol–water partition coefficient (Wildman–Crippen LogP) is 2.20. The van der Waals surface area contributed by atoms with Gasteiger partial charge in [0, 0.05) is 55.5 Å². The zero-order chi connectivity index (χ0) is 16.0. The topological polar surface area (TPSA) is 51.0 Å².